The molecule has 1 unspecified atom stereocenters. The fraction of sp³-hybridized carbons (Fsp3) is 0.643. The number of rotatable bonds is 5. The largest absolute Gasteiger partial charge is 0.481 e. The van der Waals surface area contributed by atoms with Crippen molar-refractivity contribution in [2.75, 3.05) is 6.54 Å². The van der Waals surface area contributed by atoms with E-state index in [2.05, 4.69) is 5.32 Å². The summed E-state index contributed by atoms with van der Waals surface area (Å²) in [4.78, 5) is 10.9. The predicted molar refractivity (Wildman–Crippen MR) is 69.7 cm³/mol. The summed E-state index contributed by atoms with van der Waals surface area (Å²) in [6.45, 7) is 2.44. The van der Waals surface area contributed by atoms with Crippen LogP contribution in [0.1, 0.15) is 44.4 Å². The van der Waals surface area contributed by atoms with Gasteiger partial charge in [0.2, 0.25) is 0 Å². The molecule has 19 heavy (non-hydrogen) atoms. The van der Waals surface area contributed by atoms with Crippen molar-refractivity contribution in [2.24, 2.45) is 5.92 Å². The topological polar surface area (TPSA) is 82.7 Å². The van der Waals surface area contributed by atoms with Gasteiger partial charge in [-0.1, -0.05) is 0 Å². The first-order chi connectivity index (χ1) is 9.00. The van der Waals surface area contributed by atoms with Gasteiger partial charge in [-0.3, -0.25) is 4.79 Å². The highest BCUT2D eigenvalue weighted by molar-refractivity contribution is 5.70. The maximum atomic E-state index is 10.9. The van der Waals surface area contributed by atoms with Crippen LogP contribution in [0.3, 0.4) is 0 Å². The van der Waals surface area contributed by atoms with Gasteiger partial charge in [-0.25, -0.2) is 0 Å². The van der Waals surface area contributed by atoms with E-state index in [1.54, 1.807) is 6.26 Å². The molecule has 1 saturated carbocycles. The summed E-state index contributed by atoms with van der Waals surface area (Å²) in [6, 6.07) is 3.76. The minimum Gasteiger partial charge on any atom is -0.481 e. The number of aliphatic carboxylic acids is 1. The van der Waals surface area contributed by atoms with Crippen LogP contribution in [0.2, 0.25) is 0 Å². The Kier molecular flexibility index (Phi) is 4.27. The van der Waals surface area contributed by atoms with Crippen molar-refractivity contribution in [1.82, 2.24) is 5.32 Å². The predicted octanol–water partition coefficient (Wildman–Crippen LogP) is 1.94. The Morgan fingerprint density at radius 2 is 2.26 bits per heavy atom. The number of furan rings is 1. The van der Waals surface area contributed by atoms with Gasteiger partial charge in [-0.2, -0.15) is 0 Å². The summed E-state index contributed by atoms with van der Waals surface area (Å²) in [6.07, 6.45) is 3.77. The van der Waals surface area contributed by atoms with E-state index < -0.39 is 11.6 Å². The smallest absolute Gasteiger partial charge is 0.306 e. The zero-order valence-electron chi connectivity index (χ0n) is 11.1. The molecule has 106 valence electrons. The molecule has 0 saturated heterocycles. The van der Waals surface area contributed by atoms with Crippen molar-refractivity contribution >= 4 is 5.97 Å². The first-order valence-corrected chi connectivity index (χ1v) is 6.72. The van der Waals surface area contributed by atoms with Crippen LogP contribution in [0, 0.1) is 5.92 Å². The third-order valence-corrected chi connectivity index (χ3v) is 3.97. The van der Waals surface area contributed by atoms with Crippen molar-refractivity contribution in [3.05, 3.63) is 24.2 Å². The molecule has 5 nitrogen and oxygen atoms in total. The molecule has 2 rings (SSSR count). The van der Waals surface area contributed by atoms with Crippen LogP contribution in [-0.4, -0.2) is 28.3 Å². The molecule has 1 aromatic heterocycles. The quantitative estimate of drug-likeness (QED) is 0.759. The lowest BCUT2D eigenvalue weighted by atomic mass is 9.78. The van der Waals surface area contributed by atoms with E-state index in [-0.39, 0.29) is 12.0 Å². The van der Waals surface area contributed by atoms with E-state index in [0.717, 1.165) is 5.76 Å². The average Bonchev–Trinajstić information content (AvgIpc) is 2.90. The summed E-state index contributed by atoms with van der Waals surface area (Å²) in [7, 11) is 0. The first-order valence-electron chi connectivity index (χ1n) is 6.72. The molecule has 0 bridgehead atoms. The molecule has 0 aliphatic heterocycles. The number of hydrogen-bond acceptors (Lipinski definition) is 4. The molecule has 0 amide bonds. The Morgan fingerprint density at radius 3 is 2.79 bits per heavy atom. The molecule has 1 heterocycles. The van der Waals surface area contributed by atoms with Gasteiger partial charge < -0.3 is 19.9 Å². The van der Waals surface area contributed by atoms with Crippen molar-refractivity contribution in [3.8, 4) is 0 Å². The molecular formula is C14H21NO4. The van der Waals surface area contributed by atoms with Gasteiger partial charge in [-0.15, -0.1) is 0 Å². The van der Waals surface area contributed by atoms with Crippen LogP contribution in [0.15, 0.2) is 22.8 Å². The fourth-order valence-corrected chi connectivity index (χ4v) is 2.56. The van der Waals surface area contributed by atoms with Crippen LogP contribution >= 0.6 is 0 Å². The second-order valence-corrected chi connectivity index (χ2v) is 5.45. The van der Waals surface area contributed by atoms with Gasteiger partial charge in [0.25, 0.3) is 0 Å². The number of carboxylic acid groups (broad SMARTS) is 1. The van der Waals surface area contributed by atoms with Crippen LogP contribution in [0.25, 0.3) is 0 Å². The number of carboxylic acids is 1. The van der Waals surface area contributed by atoms with Crippen LogP contribution in [0.5, 0.6) is 0 Å². The van der Waals surface area contributed by atoms with Gasteiger partial charge in [0.15, 0.2) is 0 Å². The van der Waals surface area contributed by atoms with Crippen LogP contribution < -0.4 is 5.32 Å². The summed E-state index contributed by atoms with van der Waals surface area (Å²) in [5, 5.41) is 22.6. The van der Waals surface area contributed by atoms with Crippen LogP contribution in [0.4, 0.5) is 0 Å². The number of hydrogen-bond donors (Lipinski definition) is 3. The van der Waals surface area contributed by atoms with Gasteiger partial charge in [0.1, 0.15) is 5.76 Å². The lowest BCUT2D eigenvalue weighted by Gasteiger charge is -2.35. The third kappa shape index (κ3) is 3.58. The molecule has 1 fully saturated rings. The number of carbonyl (C=O) groups is 1. The van der Waals surface area contributed by atoms with E-state index in [1.807, 2.05) is 19.1 Å². The second-order valence-electron chi connectivity index (χ2n) is 5.45. The zero-order valence-corrected chi connectivity index (χ0v) is 11.1. The second kappa shape index (κ2) is 5.75. The monoisotopic (exact) mass is 267 g/mol. The van der Waals surface area contributed by atoms with Crippen LogP contribution in [-0.2, 0) is 4.79 Å². The molecule has 3 N–H and O–H groups in total. The maximum Gasteiger partial charge on any atom is 0.306 e. The SMILES string of the molecule is CC(NCC1(O)CCC(C(=O)O)CC1)c1ccco1. The van der Waals surface area contributed by atoms with Crippen molar-refractivity contribution in [2.45, 2.75) is 44.2 Å². The van der Waals surface area contributed by atoms with Crippen molar-refractivity contribution < 1.29 is 19.4 Å². The van der Waals surface area contributed by atoms with Gasteiger partial charge in [-0.05, 0) is 44.7 Å². The van der Waals surface area contributed by atoms with Crippen molar-refractivity contribution in [3.63, 3.8) is 0 Å². The molecule has 0 aromatic carbocycles. The highest BCUT2D eigenvalue weighted by Crippen LogP contribution is 2.32. The molecule has 0 spiro atoms. The van der Waals surface area contributed by atoms with Crippen molar-refractivity contribution in [1.29, 1.82) is 0 Å². The normalized spacial score (nSPS) is 29.1. The first kappa shape index (κ1) is 14.1. The summed E-state index contributed by atoms with van der Waals surface area (Å²) in [5.41, 5.74) is -0.799. The zero-order chi connectivity index (χ0) is 13.9. The molecule has 1 aliphatic carbocycles. The van der Waals surface area contributed by atoms with E-state index in [9.17, 15) is 9.90 Å². The Labute approximate surface area is 112 Å². The highest BCUT2D eigenvalue weighted by Gasteiger charge is 2.35. The molecular weight excluding hydrogens is 246 g/mol. The number of nitrogens with one attached hydrogen (secondary N) is 1. The summed E-state index contributed by atoms with van der Waals surface area (Å²) in [5.74, 6) is -0.218. The third-order valence-electron chi connectivity index (χ3n) is 3.97. The lowest BCUT2D eigenvalue weighted by Crippen LogP contribution is -2.45. The molecule has 5 heteroatoms. The summed E-state index contributed by atoms with van der Waals surface area (Å²) < 4.78 is 5.29. The van der Waals surface area contributed by atoms with E-state index in [4.69, 9.17) is 9.52 Å². The summed E-state index contributed by atoms with van der Waals surface area (Å²) >= 11 is 0. The van der Waals surface area contributed by atoms with Gasteiger partial charge in [0.05, 0.1) is 23.8 Å². The Morgan fingerprint density at radius 1 is 1.58 bits per heavy atom. The van der Waals surface area contributed by atoms with Gasteiger partial charge in [0, 0.05) is 6.54 Å². The number of aliphatic hydroxyl groups is 1. The molecule has 0 radical (unpaired) electrons. The molecule has 1 aromatic rings. The maximum absolute atomic E-state index is 10.9. The Bertz CT molecular complexity index is 407. The standard InChI is InChI=1S/C14H21NO4/c1-10(12-3-2-8-19-12)15-9-14(18)6-4-11(5-7-14)13(16)17/h2-3,8,10-11,15,18H,4-7,9H2,1H3,(H,16,17). The lowest BCUT2D eigenvalue weighted by molar-refractivity contribution is -0.144. The van der Waals surface area contributed by atoms with E-state index in [1.165, 1.54) is 0 Å². The van der Waals surface area contributed by atoms with E-state index in [0.29, 0.717) is 32.2 Å². The van der Waals surface area contributed by atoms with E-state index >= 15 is 0 Å². The minimum absolute atomic E-state index is 0.0382. The van der Waals surface area contributed by atoms with Gasteiger partial charge >= 0.3 is 5.97 Å². The Balaban J connectivity index is 1.81. The molecule has 1 aliphatic rings. The average molecular weight is 267 g/mol. The highest BCUT2D eigenvalue weighted by atomic mass is 16.4. The fourth-order valence-electron chi connectivity index (χ4n) is 2.56. The Hall–Kier alpha value is -1.33. The minimum atomic E-state index is -0.799. The molecule has 1 atom stereocenters.